The Balaban J connectivity index is 1.79. The zero-order chi connectivity index (χ0) is 21.1. The highest BCUT2D eigenvalue weighted by molar-refractivity contribution is 8.08. The molecule has 1 unspecified atom stereocenters. The number of nitrogens with one attached hydrogen (secondary N) is 1. The van der Waals surface area contributed by atoms with Crippen LogP contribution in [0.5, 0.6) is 0 Å². The summed E-state index contributed by atoms with van der Waals surface area (Å²) in [6.07, 6.45) is 0. The Morgan fingerprint density at radius 2 is 2.34 bits per heavy atom. The van der Waals surface area contributed by atoms with Gasteiger partial charge in [-0.1, -0.05) is 23.5 Å². The van der Waals surface area contributed by atoms with Gasteiger partial charge in [-0.15, -0.1) is 11.8 Å². The van der Waals surface area contributed by atoms with Gasteiger partial charge in [0.25, 0.3) is 11.8 Å². The van der Waals surface area contributed by atoms with Crippen LogP contribution in [0.2, 0.25) is 0 Å². The summed E-state index contributed by atoms with van der Waals surface area (Å²) in [5.74, 6) is -2.10. The molecule has 3 rings (SSSR count). The minimum Gasteiger partial charge on any atom is -0.477 e. The number of carboxylic acid groups (broad SMARTS) is 1. The number of aliphatic carboxylic acids is 1. The van der Waals surface area contributed by atoms with Gasteiger partial charge in [0.2, 0.25) is 11.5 Å². The van der Waals surface area contributed by atoms with Crippen molar-refractivity contribution < 1.29 is 24.3 Å². The molecule has 1 aromatic rings. The number of nitrogens with two attached hydrogens (primary N) is 1. The first-order valence-electron chi connectivity index (χ1n) is 8.18. The quantitative estimate of drug-likeness (QED) is 0.284. The highest BCUT2D eigenvalue weighted by atomic mass is 32.2. The molecule has 1 aromatic heterocycles. The fourth-order valence-electron chi connectivity index (χ4n) is 2.64. The van der Waals surface area contributed by atoms with Gasteiger partial charge in [-0.3, -0.25) is 14.5 Å². The van der Waals surface area contributed by atoms with Crippen LogP contribution >= 0.6 is 35.1 Å². The monoisotopic (exact) mass is 456 g/mol. The molecule has 1 fully saturated rings. The number of carbonyl (C=O) groups excluding carboxylic acids is 2. The van der Waals surface area contributed by atoms with E-state index in [0.29, 0.717) is 10.7 Å². The van der Waals surface area contributed by atoms with Crippen molar-refractivity contribution in [2.24, 2.45) is 5.16 Å². The lowest BCUT2D eigenvalue weighted by Gasteiger charge is -2.49. The zero-order valence-electron chi connectivity index (χ0n) is 15.0. The number of nitrogens with zero attached hydrogens (tertiary/aromatic N) is 4. The normalized spacial score (nSPS) is 21.3. The predicted octanol–water partition coefficient (Wildman–Crippen LogP) is 0.434. The minimum atomic E-state index is -1.21. The van der Waals surface area contributed by atoms with Crippen molar-refractivity contribution in [3.63, 3.8) is 0 Å². The molecule has 154 valence electrons. The van der Waals surface area contributed by atoms with Gasteiger partial charge in [0.15, 0.2) is 5.13 Å². The second-order valence-electron chi connectivity index (χ2n) is 5.54. The van der Waals surface area contributed by atoms with Gasteiger partial charge in [-0.25, -0.2) is 4.79 Å². The Labute approximate surface area is 177 Å². The van der Waals surface area contributed by atoms with Gasteiger partial charge >= 0.3 is 5.97 Å². The molecule has 11 nitrogen and oxygen atoms in total. The molecule has 2 aliphatic heterocycles. The van der Waals surface area contributed by atoms with E-state index in [2.05, 4.69) is 26.4 Å². The Morgan fingerprint density at radius 3 is 2.93 bits per heavy atom. The molecule has 2 aliphatic rings. The smallest absolute Gasteiger partial charge is 0.353 e. The number of rotatable bonds is 8. The summed E-state index contributed by atoms with van der Waals surface area (Å²) in [7, 11) is 0. The van der Waals surface area contributed by atoms with Gasteiger partial charge < -0.3 is 21.0 Å². The van der Waals surface area contributed by atoms with Crippen LogP contribution in [-0.2, 0) is 19.2 Å². The van der Waals surface area contributed by atoms with Crippen LogP contribution in [0.15, 0.2) is 27.7 Å². The van der Waals surface area contributed by atoms with E-state index < -0.39 is 29.2 Å². The number of carboxylic acids is 1. The molecular formula is C15H16N6O5S3. The number of thioether (sulfide) groups is 2. The van der Waals surface area contributed by atoms with Crippen molar-refractivity contribution in [3.05, 3.63) is 28.4 Å². The lowest BCUT2D eigenvalue weighted by atomic mass is 10.0. The van der Waals surface area contributed by atoms with Gasteiger partial charge in [0, 0.05) is 22.2 Å². The number of anilines is 1. The second-order valence-corrected chi connectivity index (χ2v) is 8.49. The molecular weight excluding hydrogens is 440 g/mol. The first-order chi connectivity index (χ1) is 13.9. The summed E-state index contributed by atoms with van der Waals surface area (Å²) in [6.45, 7) is 5.48. The maximum absolute atomic E-state index is 12.7. The van der Waals surface area contributed by atoms with Crippen LogP contribution < -0.4 is 11.1 Å². The number of fused-ring (bicyclic) bond motifs is 1. The van der Waals surface area contributed by atoms with Crippen LogP contribution in [0.3, 0.4) is 0 Å². The van der Waals surface area contributed by atoms with Crippen molar-refractivity contribution in [3.8, 4) is 0 Å². The van der Waals surface area contributed by atoms with E-state index in [9.17, 15) is 19.5 Å². The Hall–Kier alpha value is -2.58. The summed E-state index contributed by atoms with van der Waals surface area (Å²) < 4.78 is 3.94. The topological polar surface area (TPSA) is 160 Å². The molecule has 29 heavy (non-hydrogen) atoms. The summed E-state index contributed by atoms with van der Waals surface area (Å²) in [5, 5.41) is 16.9. The number of hydrogen-bond donors (Lipinski definition) is 3. The maximum atomic E-state index is 12.7. The van der Waals surface area contributed by atoms with Gasteiger partial charge in [0.1, 0.15) is 23.7 Å². The molecule has 2 atom stereocenters. The lowest BCUT2D eigenvalue weighted by molar-refractivity contribution is -0.150. The average Bonchev–Trinajstić information content (AvgIpc) is 3.12. The lowest BCUT2D eigenvalue weighted by Crippen LogP contribution is -2.71. The van der Waals surface area contributed by atoms with Crippen LogP contribution in [0.4, 0.5) is 5.13 Å². The van der Waals surface area contributed by atoms with Gasteiger partial charge in [0.05, 0.1) is 0 Å². The number of hydrogen-bond acceptors (Lipinski definition) is 11. The third-order valence-corrected chi connectivity index (χ3v) is 6.60. The molecule has 4 N–H and O–H groups in total. The Morgan fingerprint density at radius 1 is 1.59 bits per heavy atom. The number of aromatic nitrogens is 2. The van der Waals surface area contributed by atoms with E-state index in [4.69, 9.17) is 10.6 Å². The summed E-state index contributed by atoms with van der Waals surface area (Å²) in [4.78, 5) is 47.5. The SMILES string of the molecule is C=CSC1=C(C(=O)O)N2C(=O)C(NC(=O)C(=NOCC)c3nsc(N)n3)[C@@H]2SC1. The second kappa shape index (κ2) is 8.84. The number of β-lactam (4-membered cyclic amide) rings is 1. The van der Waals surface area contributed by atoms with Crippen molar-refractivity contribution in [1.82, 2.24) is 19.6 Å². The third-order valence-electron chi connectivity index (χ3n) is 3.80. The maximum Gasteiger partial charge on any atom is 0.353 e. The van der Waals surface area contributed by atoms with Crippen molar-refractivity contribution in [2.75, 3.05) is 18.1 Å². The molecule has 0 spiro atoms. The van der Waals surface area contributed by atoms with E-state index >= 15 is 0 Å². The number of amides is 2. The third kappa shape index (κ3) is 4.09. The van der Waals surface area contributed by atoms with E-state index in [1.54, 1.807) is 6.92 Å². The molecule has 14 heteroatoms. The summed E-state index contributed by atoms with van der Waals surface area (Å²) in [5.41, 5.74) is 5.25. The van der Waals surface area contributed by atoms with E-state index in [1.807, 2.05) is 0 Å². The van der Waals surface area contributed by atoms with E-state index in [0.717, 1.165) is 23.3 Å². The Kier molecular flexibility index (Phi) is 6.44. The molecule has 0 aromatic carbocycles. The van der Waals surface area contributed by atoms with E-state index in [-0.39, 0.29) is 29.0 Å². The standard InChI is InChI=1S/C15H16N6O5S3/c1-3-26-19-7(10-18-15(16)29-20-10)11(22)17-8-12(23)21-9(14(24)25)6(27-4-2)5-28-13(8)21/h4,8,13H,2-3,5H2,1H3,(H,17,22)(H,24,25)(H2,16,18,20)/t8?,13-/m0/s1. The molecule has 0 aliphatic carbocycles. The summed E-state index contributed by atoms with van der Waals surface area (Å²) >= 11 is 3.39. The number of nitrogen functional groups attached to an aromatic ring is 1. The first-order valence-corrected chi connectivity index (χ1v) is 10.9. The molecule has 2 amide bonds. The highest BCUT2D eigenvalue weighted by Crippen LogP contribution is 2.43. The van der Waals surface area contributed by atoms with Crippen LogP contribution in [-0.4, -0.2) is 66.6 Å². The molecule has 3 heterocycles. The average molecular weight is 457 g/mol. The zero-order valence-corrected chi connectivity index (χ0v) is 17.5. The fourth-order valence-corrected chi connectivity index (χ4v) is 5.24. The number of carbonyl (C=O) groups is 3. The largest absolute Gasteiger partial charge is 0.477 e. The van der Waals surface area contributed by atoms with Crippen molar-refractivity contribution in [1.29, 1.82) is 0 Å². The molecule has 1 saturated heterocycles. The fraction of sp³-hybridized carbons (Fsp3) is 0.333. The number of oxime groups is 1. The molecule has 0 radical (unpaired) electrons. The molecule has 0 saturated carbocycles. The van der Waals surface area contributed by atoms with E-state index in [1.165, 1.54) is 22.1 Å². The van der Waals surface area contributed by atoms with Crippen molar-refractivity contribution >= 4 is 63.7 Å². The van der Waals surface area contributed by atoms with Gasteiger partial charge in [-0.05, 0) is 12.3 Å². The minimum absolute atomic E-state index is 0.0193. The Bertz CT molecular complexity index is 929. The van der Waals surface area contributed by atoms with Crippen LogP contribution in [0, 0.1) is 0 Å². The summed E-state index contributed by atoms with van der Waals surface area (Å²) in [6, 6.07) is -0.917. The molecule has 0 bridgehead atoms. The first kappa shape index (κ1) is 21.1. The highest BCUT2D eigenvalue weighted by Gasteiger charge is 2.54. The van der Waals surface area contributed by atoms with Crippen LogP contribution in [0.1, 0.15) is 12.7 Å². The van der Waals surface area contributed by atoms with Crippen LogP contribution in [0.25, 0.3) is 0 Å². The van der Waals surface area contributed by atoms with Crippen molar-refractivity contribution in [2.45, 2.75) is 18.3 Å². The predicted molar refractivity (Wildman–Crippen MR) is 110 cm³/mol. The van der Waals surface area contributed by atoms with Gasteiger partial charge in [-0.2, -0.15) is 9.36 Å².